The minimum absolute atomic E-state index is 0.0192. The molecule has 0 aliphatic heterocycles. The lowest BCUT2D eigenvalue weighted by Crippen LogP contribution is -2.62. The Kier molecular flexibility index (Phi) is 3.38. The van der Waals surface area contributed by atoms with E-state index in [1.165, 1.54) is 26.4 Å². The molecule has 1 atom stereocenters. The lowest BCUT2D eigenvalue weighted by atomic mass is 9.53. The molecule has 4 rings (SSSR count). The van der Waals surface area contributed by atoms with Crippen molar-refractivity contribution in [1.82, 2.24) is 10.6 Å². The van der Waals surface area contributed by atoms with Gasteiger partial charge in [-0.2, -0.15) is 0 Å². The Hall–Kier alpha value is -1.26. The summed E-state index contributed by atoms with van der Waals surface area (Å²) in [5, 5.41) is 5.86. The number of carbonyl (C=O) groups is 2. The molecule has 112 valence electrons. The van der Waals surface area contributed by atoms with E-state index >= 15 is 0 Å². The Morgan fingerprint density at radius 3 is 2.05 bits per heavy atom. The van der Waals surface area contributed by atoms with Crippen LogP contribution in [-0.2, 0) is 9.53 Å². The van der Waals surface area contributed by atoms with Crippen molar-refractivity contribution in [2.45, 2.75) is 57.0 Å². The third-order valence-electron chi connectivity index (χ3n) is 5.32. The van der Waals surface area contributed by atoms with Gasteiger partial charge in [0.1, 0.15) is 6.04 Å². The van der Waals surface area contributed by atoms with Gasteiger partial charge < -0.3 is 15.4 Å². The van der Waals surface area contributed by atoms with E-state index in [4.69, 9.17) is 0 Å². The fraction of sp³-hybridized carbons (Fsp3) is 0.867. The standard InChI is InChI=1S/C15H24N2O3/c1-9(13(18)20-2)16-14(19)17-15-6-10-3-11(7-15)5-12(4-10)8-15/h9-12H,3-8H2,1-2H3,(H2,16,17,19)/t9-,10?,11?,12?,15?/m0/s1. The van der Waals surface area contributed by atoms with Crippen LogP contribution in [0.4, 0.5) is 4.79 Å². The SMILES string of the molecule is COC(=O)[C@H](C)NC(=O)NC12CC3CC(CC(C3)C1)C2. The van der Waals surface area contributed by atoms with Crippen LogP contribution in [0.1, 0.15) is 45.4 Å². The molecule has 2 N–H and O–H groups in total. The summed E-state index contributed by atoms with van der Waals surface area (Å²) in [5.74, 6) is 1.96. The molecule has 2 amide bonds. The van der Waals surface area contributed by atoms with Crippen molar-refractivity contribution in [1.29, 1.82) is 0 Å². The Labute approximate surface area is 119 Å². The molecule has 20 heavy (non-hydrogen) atoms. The quantitative estimate of drug-likeness (QED) is 0.775. The first kappa shape index (κ1) is 13.7. The van der Waals surface area contributed by atoms with Gasteiger partial charge in [-0.25, -0.2) is 9.59 Å². The summed E-state index contributed by atoms with van der Waals surface area (Å²) in [7, 11) is 1.33. The number of ether oxygens (including phenoxy) is 1. The molecule has 4 aliphatic rings. The van der Waals surface area contributed by atoms with E-state index < -0.39 is 12.0 Å². The molecule has 0 saturated heterocycles. The molecular weight excluding hydrogens is 256 g/mol. The first-order chi connectivity index (χ1) is 9.49. The van der Waals surface area contributed by atoms with Gasteiger partial charge in [0.15, 0.2) is 0 Å². The van der Waals surface area contributed by atoms with Crippen LogP contribution in [-0.4, -0.2) is 30.7 Å². The average molecular weight is 280 g/mol. The number of amides is 2. The van der Waals surface area contributed by atoms with Gasteiger partial charge >= 0.3 is 12.0 Å². The normalized spacial score (nSPS) is 39.2. The molecular formula is C15H24N2O3. The van der Waals surface area contributed by atoms with Crippen molar-refractivity contribution in [3.63, 3.8) is 0 Å². The summed E-state index contributed by atoms with van der Waals surface area (Å²) in [6.07, 6.45) is 7.38. The van der Waals surface area contributed by atoms with E-state index in [0.717, 1.165) is 37.0 Å². The van der Waals surface area contributed by atoms with Crippen LogP contribution in [0.15, 0.2) is 0 Å². The highest BCUT2D eigenvalue weighted by Crippen LogP contribution is 2.55. The topological polar surface area (TPSA) is 67.4 Å². The lowest BCUT2D eigenvalue weighted by molar-refractivity contribution is -0.142. The van der Waals surface area contributed by atoms with Crippen LogP contribution in [0, 0.1) is 17.8 Å². The molecule has 0 heterocycles. The van der Waals surface area contributed by atoms with Gasteiger partial charge in [0.2, 0.25) is 0 Å². The van der Waals surface area contributed by atoms with Crippen molar-refractivity contribution in [3.05, 3.63) is 0 Å². The summed E-state index contributed by atoms with van der Waals surface area (Å²) in [6, 6.07) is -0.834. The highest BCUT2D eigenvalue weighted by Gasteiger charge is 2.51. The number of rotatable bonds is 3. The second-order valence-electron chi connectivity index (χ2n) is 7.04. The third-order valence-corrected chi connectivity index (χ3v) is 5.32. The highest BCUT2D eigenvalue weighted by molar-refractivity contribution is 5.83. The van der Waals surface area contributed by atoms with Gasteiger partial charge in [-0.3, -0.25) is 0 Å². The fourth-order valence-electron chi connectivity index (χ4n) is 4.97. The summed E-state index contributed by atoms with van der Waals surface area (Å²) >= 11 is 0. The average Bonchev–Trinajstić information content (AvgIpc) is 2.34. The van der Waals surface area contributed by atoms with Crippen LogP contribution >= 0.6 is 0 Å². The second kappa shape index (κ2) is 4.93. The largest absolute Gasteiger partial charge is 0.467 e. The monoisotopic (exact) mass is 280 g/mol. The van der Waals surface area contributed by atoms with E-state index in [0.29, 0.717) is 0 Å². The van der Waals surface area contributed by atoms with E-state index in [1.54, 1.807) is 6.92 Å². The zero-order valence-electron chi connectivity index (χ0n) is 12.3. The maximum absolute atomic E-state index is 12.1. The molecule has 5 nitrogen and oxygen atoms in total. The van der Waals surface area contributed by atoms with Gasteiger partial charge in [-0.05, 0) is 63.2 Å². The number of hydrogen-bond acceptors (Lipinski definition) is 3. The number of carbonyl (C=O) groups excluding carboxylic acids is 2. The predicted octanol–water partition coefficient (Wildman–Crippen LogP) is 1.82. The van der Waals surface area contributed by atoms with Crippen LogP contribution in [0.2, 0.25) is 0 Å². The molecule has 4 saturated carbocycles. The number of nitrogens with one attached hydrogen (secondary N) is 2. The predicted molar refractivity (Wildman–Crippen MR) is 74.0 cm³/mol. The molecule has 5 heteroatoms. The Balaban J connectivity index is 1.60. The molecule has 4 aliphatic carbocycles. The van der Waals surface area contributed by atoms with Crippen molar-refractivity contribution in [3.8, 4) is 0 Å². The van der Waals surface area contributed by atoms with Crippen LogP contribution < -0.4 is 10.6 Å². The highest BCUT2D eigenvalue weighted by atomic mass is 16.5. The van der Waals surface area contributed by atoms with Gasteiger partial charge in [0.25, 0.3) is 0 Å². The molecule has 4 fully saturated rings. The van der Waals surface area contributed by atoms with Crippen LogP contribution in [0.5, 0.6) is 0 Å². The zero-order chi connectivity index (χ0) is 14.3. The molecule has 0 unspecified atom stereocenters. The van der Waals surface area contributed by atoms with E-state index in [-0.39, 0.29) is 11.6 Å². The summed E-state index contributed by atoms with van der Waals surface area (Å²) in [6.45, 7) is 1.64. The van der Waals surface area contributed by atoms with Crippen molar-refractivity contribution in [2.75, 3.05) is 7.11 Å². The first-order valence-electron chi connectivity index (χ1n) is 7.66. The fourth-order valence-corrected chi connectivity index (χ4v) is 4.97. The van der Waals surface area contributed by atoms with Crippen molar-refractivity contribution < 1.29 is 14.3 Å². The number of urea groups is 1. The maximum Gasteiger partial charge on any atom is 0.328 e. The van der Waals surface area contributed by atoms with E-state index in [9.17, 15) is 9.59 Å². The van der Waals surface area contributed by atoms with Crippen molar-refractivity contribution >= 4 is 12.0 Å². The second-order valence-corrected chi connectivity index (χ2v) is 7.04. The first-order valence-corrected chi connectivity index (χ1v) is 7.66. The number of esters is 1. The molecule has 0 radical (unpaired) electrons. The smallest absolute Gasteiger partial charge is 0.328 e. The third kappa shape index (κ3) is 2.50. The molecule has 0 aromatic carbocycles. The van der Waals surface area contributed by atoms with Crippen LogP contribution in [0.3, 0.4) is 0 Å². The molecule has 0 aromatic rings. The summed E-state index contributed by atoms with van der Waals surface area (Å²) in [4.78, 5) is 23.5. The molecule has 4 bridgehead atoms. The lowest BCUT2D eigenvalue weighted by Gasteiger charge is -2.56. The van der Waals surface area contributed by atoms with Gasteiger partial charge in [-0.1, -0.05) is 0 Å². The van der Waals surface area contributed by atoms with E-state index in [1.807, 2.05) is 0 Å². The Morgan fingerprint density at radius 2 is 1.60 bits per heavy atom. The van der Waals surface area contributed by atoms with Gasteiger partial charge in [0, 0.05) is 5.54 Å². The molecule has 0 aromatic heterocycles. The number of hydrogen-bond donors (Lipinski definition) is 2. The molecule has 0 spiro atoms. The minimum Gasteiger partial charge on any atom is -0.467 e. The van der Waals surface area contributed by atoms with Crippen LogP contribution in [0.25, 0.3) is 0 Å². The Morgan fingerprint density at radius 1 is 1.10 bits per heavy atom. The maximum atomic E-state index is 12.1. The summed E-state index contributed by atoms with van der Waals surface area (Å²) < 4.78 is 4.63. The van der Waals surface area contributed by atoms with Gasteiger partial charge in [-0.15, -0.1) is 0 Å². The zero-order valence-corrected chi connectivity index (χ0v) is 12.3. The minimum atomic E-state index is -0.603. The summed E-state index contributed by atoms with van der Waals surface area (Å²) in [5.41, 5.74) is -0.0192. The number of methoxy groups -OCH3 is 1. The van der Waals surface area contributed by atoms with Crippen molar-refractivity contribution in [2.24, 2.45) is 17.8 Å². The Bertz CT molecular complexity index is 386. The van der Waals surface area contributed by atoms with E-state index in [2.05, 4.69) is 15.4 Å². The van der Waals surface area contributed by atoms with Gasteiger partial charge in [0.05, 0.1) is 7.11 Å².